The minimum atomic E-state index is -0.689. The van der Waals surface area contributed by atoms with Gasteiger partial charge in [-0.3, -0.25) is 0 Å². The number of halogens is 1. The Bertz CT molecular complexity index is 981. The van der Waals surface area contributed by atoms with Crippen LogP contribution in [0.2, 0.25) is 0 Å². The van der Waals surface area contributed by atoms with Gasteiger partial charge in [0.15, 0.2) is 17.3 Å². The van der Waals surface area contributed by atoms with Crippen LogP contribution in [0.5, 0.6) is 0 Å². The van der Waals surface area contributed by atoms with Crippen LogP contribution in [0.4, 0.5) is 10.2 Å². The molecule has 0 unspecified atom stereocenters. The lowest BCUT2D eigenvalue weighted by atomic mass is 9.79. The molecule has 3 aromatic rings. The number of nitrogens with two attached hydrogens (primary N) is 1. The Balaban J connectivity index is 1.81. The summed E-state index contributed by atoms with van der Waals surface area (Å²) in [5, 5.41) is 15.0. The predicted octanol–water partition coefficient (Wildman–Crippen LogP) is 3.23. The molecule has 2 aromatic heterocycles. The van der Waals surface area contributed by atoms with Crippen molar-refractivity contribution in [2.45, 2.75) is 51.0 Å². The highest BCUT2D eigenvalue weighted by Gasteiger charge is 2.33. The van der Waals surface area contributed by atoms with E-state index in [2.05, 4.69) is 15.1 Å². The number of nitrogens with zero attached hydrogens (tertiary/aromatic N) is 4. The van der Waals surface area contributed by atoms with Crippen LogP contribution in [-0.4, -0.2) is 30.3 Å². The number of fused-ring (bicyclic) bond motifs is 1. The quantitative estimate of drug-likeness (QED) is 0.737. The van der Waals surface area contributed by atoms with Crippen molar-refractivity contribution in [2.24, 2.45) is 0 Å². The van der Waals surface area contributed by atoms with Gasteiger partial charge in [-0.1, -0.05) is 12.1 Å². The van der Waals surface area contributed by atoms with Crippen LogP contribution in [-0.2, 0) is 0 Å². The molecule has 1 aliphatic carbocycles. The van der Waals surface area contributed by atoms with Crippen LogP contribution in [0.15, 0.2) is 24.3 Å². The fourth-order valence-electron chi connectivity index (χ4n) is 3.85. The Kier molecular flexibility index (Phi) is 3.91. The molecule has 2 atom stereocenters. The molecule has 6 nitrogen and oxygen atoms in total. The van der Waals surface area contributed by atoms with E-state index in [0.717, 1.165) is 25.0 Å². The number of hydrogen-bond acceptors (Lipinski definition) is 5. The molecular weight excluding hydrogens is 333 g/mol. The fourth-order valence-corrected chi connectivity index (χ4v) is 3.85. The Morgan fingerprint density at radius 3 is 2.88 bits per heavy atom. The zero-order valence-electron chi connectivity index (χ0n) is 14.9. The summed E-state index contributed by atoms with van der Waals surface area (Å²) in [5.41, 5.74) is 7.92. The molecule has 0 aliphatic heterocycles. The van der Waals surface area contributed by atoms with Crippen LogP contribution in [0.3, 0.4) is 0 Å². The molecule has 1 saturated carbocycles. The van der Waals surface area contributed by atoms with Crippen LogP contribution in [0.25, 0.3) is 16.9 Å². The molecule has 7 heteroatoms. The first-order valence-electron chi connectivity index (χ1n) is 8.85. The molecule has 3 N–H and O–H groups in total. The summed E-state index contributed by atoms with van der Waals surface area (Å²) in [5.74, 6) is 0.704. The van der Waals surface area contributed by atoms with Crippen molar-refractivity contribution >= 4 is 11.5 Å². The van der Waals surface area contributed by atoms with Crippen molar-refractivity contribution in [3.8, 4) is 11.3 Å². The molecule has 26 heavy (non-hydrogen) atoms. The van der Waals surface area contributed by atoms with Gasteiger partial charge < -0.3 is 10.8 Å². The van der Waals surface area contributed by atoms with E-state index in [0.29, 0.717) is 29.1 Å². The maximum absolute atomic E-state index is 13.6. The Morgan fingerprint density at radius 2 is 2.15 bits per heavy atom. The molecule has 0 saturated heterocycles. The van der Waals surface area contributed by atoms with Crippen LogP contribution in [0, 0.1) is 12.7 Å². The summed E-state index contributed by atoms with van der Waals surface area (Å²) in [7, 11) is 0. The summed E-state index contributed by atoms with van der Waals surface area (Å²) >= 11 is 0. The Hall–Kier alpha value is -2.54. The van der Waals surface area contributed by atoms with Crippen molar-refractivity contribution < 1.29 is 9.50 Å². The molecule has 136 valence electrons. The monoisotopic (exact) mass is 355 g/mol. The lowest BCUT2D eigenvalue weighted by molar-refractivity contribution is 0.0134. The number of nitrogen functional groups attached to an aromatic ring is 1. The Morgan fingerprint density at radius 1 is 1.35 bits per heavy atom. The fraction of sp³-hybridized carbons (Fsp3) is 0.421. The first-order valence-corrected chi connectivity index (χ1v) is 8.85. The number of rotatable bonds is 2. The third kappa shape index (κ3) is 2.92. The number of aryl methyl sites for hydroxylation is 1. The average molecular weight is 355 g/mol. The van der Waals surface area contributed by atoms with Gasteiger partial charge in [0.1, 0.15) is 5.82 Å². The van der Waals surface area contributed by atoms with Gasteiger partial charge in [-0.05, 0) is 51.7 Å². The first-order chi connectivity index (χ1) is 12.3. The highest BCUT2D eigenvalue weighted by Crippen LogP contribution is 2.37. The lowest BCUT2D eigenvalue weighted by Gasteiger charge is -2.32. The van der Waals surface area contributed by atoms with Gasteiger partial charge in [-0.15, -0.1) is 0 Å². The number of aromatic nitrogens is 4. The molecule has 1 aliphatic rings. The van der Waals surface area contributed by atoms with Gasteiger partial charge in [-0.2, -0.15) is 5.10 Å². The maximum atomic E-state index is 13.6. The standard InChI is InChI=1S/C19H22FN5O/c1-11-15(12-5-3-7-14(20)9-12)22-16(21)18-23-17(24-25(11)18)13-6-4-8-19(2,26)10-13/h3,5,7,9,13,26H,4,6,8,10H2,1-2H3,(H2,21,22)/t13-,19+/m0/s1. The zero-order chi connectivity index (χ0) is 18.5. The average Bonchev–Trinajstić information content (AvgIpc) is 3.03. The van der Waals surface area contributed by atoms with Crippen LogP contribution < -0.4 is 5.73 Å². The van der Waals surface area contributed by atoms with Crippen molar-refractivity contribution in [1.82, 2.24) is 19.6 Å². The van der Waals surface area contributed by atoms with E-state index in [4.69, 9.17) is 5.73 Å². The van der Waals surface area contributed by atoms with Crippen molar-refractivity contribution in [3.05, 3.63) is 41.6 Å². The van der Waals surface area contributed by atoms with E-state index in [-0.39, 0.29) is 17.6 Å². The second-order valence-corrected chi connectivity index (χ2v) is 7.44. The SMILES string of the molecule is Cc1c(-c2cccc(F)c2)nc(N)c2nc([C@H]3CCC[C@@](C)(O)C3)nn12. The summed E-state index contributed by atoms with van der Waals surface area (Å²) in [6, 6.07) is 6.25. The highest BCUT2D eigenvalue weighted by atomic mass is 19.1. The molecule has 0 amide bonds. The summed E-state index contributed by atoms with van der Waals surface area (Å²) in [4.78, 5) is 9.03. The third-order valence-electron chi connectivity index (χ3n) is 5.16. The molecular formula is C19H22FN5O. The largest absolute Gasteiger partial charge is 0.390 e. The van der Waals surface area contributed by atoms with E-state index in [1.54, 1.807) is 16.6 Å². The number of anilines is 1. The van der Waals surface area contributed by atoms with Gasteiger partial charge in [0.25, 0.3) is 0 Å². The smallest absolute Gasteiger partial charge is 0.198 e. The molecule has 0 spiro atoms. The second kappa shape index (κ2) is 6.02. The van der Waals surface area contributed by atoms with E-state index < -0.39 is 5.60 Å². The van der Waals surface area contributed by atoms with Gasteiger partial charge in [0.2, 0.25) is 0 Å². The molecule has 1 aromatic carbocycles. The maximum Gasteiger partial charge on any atom is 0.198 e. The zero-order valence-corrected chi connectivity index (χ0v) is 14.9. The minimum Gasteiger partial charge on any atom is -0.390 e. The second-order valence-electron chi connectivity index (χ2n) is 7.44. The topological polar surface area (TPSA) is 89.3 Å². The summed E-state index contributed by atoms with van der Waals surface area (Å²) in [6.45, 7) is 3.73. The van der Waals surface area contributed by atoms with Crippen LogP contribution in [0.1, 0.15) is 50.0 Å². The third-order valence-corrected chi connectivity index (χ3v) is 5.16. The Labute approximate surface area is 150 Å². The molecule has 4 rings (SSSR count). The first kappa shape index (κ1) is 16.9. The minimum absolute atomic E-state index is 0.0927. The molecule has 0 radical (unpaired) electrons. The van der Waals surface area contributed by atoms with E-state index in [1.165, 1.54) is 12.1 Å². The summed E-state index contributed by atoms with van der Waals surface area (Å²) < 4.78 is 15.3. The van der Waals surface area contributed by atoms with E-state index in [1.807, 2.05) is 13.8 Å². The van der Waals surface area contributed by atoms with Gasteiger partial charge in [0.05, 0.1) is 17.0 Å². The molecule has 2 heterocycles. The summed E-state index contributed by atoms with van der Waals surface area (Å²) in [6.07, 6.45) is 3.31. The normalized spacial score (nSPS) is 23.5. The van der Waals surface area contributed by atoms with Gasteiger partial charge >= 0.3 is 0 Å². The number of aliphatic hydroxyl groups is 1. The number of benzene rings is 1. The van der Waals surface area contributed by atoms with E-state index >= 15 is 0 Å². The van der Waals surface area contributed by atoms with Crippen molar-refractivity contribution in [3.63, 3.8) is 0 Å². The lowest BCUT2D eigenvalue weighted by Crippen LogP contribution is -2.31. The van der Waals surface area contributed by atoms with Crippen molar-refractivity contribution in [1.29, 1.82) is 0 Å². The molecule has 0 bridgehead atoms. The van der Waals surface area contributed by atoms with Gasteiger partial charge in [0, 0.05) is 11.5 Å². The van der Waals surface area contributed by atoms with Gasteiger partial charge in [-0.25, -0.2) is 18.9 Å². The van der Waals surface area contributed by atoms with Crippen molar-refractivity contribution in [2.75, 3.05) is 5.73 Å². The number of hydrogen-bond donors (Lipinski definition) is 2. The predicted molar refractivity (Wildman–Crippen MR) is 97.2 cm³/mol. The van der Waals surface area contributed by atoms with E-state index in [9.17, 15) is 9.50 Å². The van der Waals surface area contributed by atoms with Crippen LogP contribution >= 0.6 is 0 Å². The molecule has 1 fully saturated rings. The highest BCUT2D eigenvalue weighted by molar-refractivity contribution is 5.69.